The van der Waals surface area contributed by atoms with E-state index in [1.165, 1.54) is 0 Å². The fourth-order valence-corrected chi connectivity index (χ4v) is 8.78. The number of pyridine rings is 1. The molecule has 2 aromatic heterocycles. The summed E-state index contributed by atoms with van der Waals surface area (Å²) in [6.45, 7) is 24.1. The van der Waals surface area contributed by atoms with Crippen LogP contribution in [0.25, 0.3) is 16.7 Å². The van der Waals surface area contributed by atoms with Crippen LogP contribution in [0.2, 0.25) is 36.3 Å². The van der Waals surface area contributed by atoms with Gasteiger partial charge in [-0.15, -0.1) is 0 Å². The van der Waals surface area contributed by atoms with E-state index in [0.29, 0.717) is 73.7 Å². The van der Waals surface area contributed by atoms with Crippen LogP contribution in [0.3, 0.4) is 0 Å². The van der Waals surface area contributed by atoms with Crippen LogP contribution in [-0.4, -0.2) is 67.9 Å². The number of imidazole rings is 1. The molecule has 57 heavy (non-hydrogen) atoms. The van der Waals surface area contributed by atoms with E-state index in [2.05, 4.69) is 78.8 Å². The van der Waals surface area contributed by atoms with E-state index in [9.17, 15) is 14.9 Å². The number of ether oxygens (including phenoxy) is 1. The average Bonchev–Trinajstić information content (AvgIpc) is 3.45. The maximum atomic E-state index is 14.4. The van der Waals surface area contributed by atoms with E-state index in [0.717, 1.165) is 0 Å². The molecule has 2 N–H and O–H groups in total. The molecular weight excluding hydrogens is 749 g/mol. The highest BCUT2D eigenvalue weighted by Gasteiger charge is 2.38. The van der Waals surface area contributed by atoms with E-state index in [-0.39, 0.29) is 51.6 Å². The Morgan fingerprint density at radius 3 is 2.07 bits per heavy atom. The summed E-state index contributed by atoms with van der Waals surface area (Å²) < 4.78 is 22.4. The molecule has 0 bridgehead atoms. The number of allylic oxidation sites excluding steroid dienone is 1. The van der Waals surface area contributed by atoms with Crippen LogP contribution in [0.4, 0.5) is 5.82 Å². The zero-order chi connectivity index (χ0) is 41.8. The van der Waals surface area contributed by atoms with E-state index in [1.54, 1.807) is 26.3 Å². The highest BCUT2D eigenvalue weighted by atomic mass is 28.4. The van der Waals surface area contributed by atoms with Crippen molar-refractivity contribution < 1.29 is 18.4 Å². The molecule has 11 nitrogen and oxygen atoms in total. The maximum absolute atomic E-state index is 14.4. The highest BCUT2D eigenvalue weighted by molar-refractivity contribution is 6.74. The molecule has 4 aromatic rings. The topological polar surface area (TPSA) is 138 Å². The lowest BCUT2D eigenvalue weighted by Crippen LogP contribution is -2.43. The molecule has 2 aromatic carbocycles. The third kappa shape index (κ3) is 10.2. The van der Waals surface area contributed by atoms with Gasteiger partial charge in [0.05, 0.1) is 17.2 Å². The number of carbonyl (C=O) groups is 1. The first-order valence-electron chi connectivity index (χ1n) is 20.1. The molecular formula is C44H62N6O5Si2. The fourth-order valence-electron chi connectivity index (χ4n) is 6.66. The summed E-state index contributed by atoms with van der Waals surface area (Å²) >= 11 is 0. The molecule has 0 saturated carbocycles. The molecule has 1 fully saturated rings. The quantitative estimate of drug-likeness (QED) is 0.0755. The van der Waals surface area contributed by atoms with E-state index >= 15 is 0 Å². The highest BCUT2D eigenvalue weighted by Crippen LogP contribution is 2.38. The van der Waals surface area contributed by atoms with Crippen molar-refractivity contribution in [3.05, 3.63) is 89.0 Å². The lowest BCUT2D eigenvalue weighted by Gasteiger charge is -2.37. The van der Waals surface area contributed by atoms with Crippen molar-refractivity contribution >= 4 is 39.4 Å². The van der Waals surface area contributed by atoms with E-state index in [4.69, 9.17) is 19.3 Å². The van der Waals surface area contributed by atoms with Gasteiger partial charge < -0.3 is 24.2 Å². The van der Waals surface area contributed by atoms with Crippen molar-refractivity contribution in [2.24, 2.45) is 5.92 Å². The van der Waals surface area contributed by atoms with Gasteiger partial charge in [-0.05, 0) is 110 Å². The second-order valence-corrected chi connectivity index (χ2v) is 27.9. The normalized spacial score (nSPS) is 15.9. The summed E-state index contributed by atoms with van der Waals surface area (Å²) in [5.74, 6) is 1.16. The van der Waals surface area contributed by atoms with Crippen LogP contribution in [0.1, 0.15) is 73.3 Å². The van der Waals surface area contributed by atoms with E-state index < -0.39 is 16.6 Å². The predicted octanol–water partition coefficient (Wildman–Crippen LogP) is 9.62. The molecule has 3 heterocycles. The van der Waals surface area contributed by atoms with Gasteiger partial charge in [0.25, 0.3) is 5.91 Å². The molecule has 1 aliphatic rings. The van der Waals surface area contributed by atoms with Crippen molar-refractivity contribution in [1.29, 1.82) is 5.26 Å². The number of aromatic nitrogens is 3. The van der Waals surface area contributed by atoms with Gasteiger partial charge in [0.2, 0.25) is 0 Å². The largest absolute Gasteiger partial charge is 0.457 e. The first-order chi connectivity index (χ1) is 26.7. The zero-order valence-corrected chi connectivity index (χ0v) is 37.6. The Balaban J connectivity index is 1.39. The summed E-state index contributed by atoms with van der Waals surface area (Å²) in [7, 11) is -3.98. The van der Waals surface area contributed by atoms with Crippen LogP contribution in [0.5, 0.6) is 11.5 Å². The number of carbonyl (C=O) groups excluding carboxylic acids is 1. The van der Waals surface area contributed by atoms with Gasteiger partial charge in [-0.1, -0.05) is 65.8 Å². The zero-order valence-electron chi connectivity index (χ0n) is 35.6. The lowest BCUT2D eigenvalue weighted by molar-refractivity contribution is -0.128. The van der Waals surface area contributed by atoms with Crippen LogP contribution < -0.4 is 16.2 Å². The lowest BCUT2D eigenvalue weighted by atomic mass is 9.98. The van der Waals surface area contributed by atoms with Crippen LogP contribution in [-0.2, 0) is 13.6 Å². The number of hydrogen-bond acceptors (Lipinski definition) is 8. The van der Waals surface area contributed by atoms with Gasteiger partial charge in [-0.2, -0.15) is 5.26 Å². The summed E-state index contributed by atoms with van der Waals surface area (Å²) in [5.41, 5.74) is 8.03. The number of anilines is 1. The number of nitriles is 1. The number of hydrogen-bond donors (Lipinski definition) is 1. The molecule has 1 aliphatic heterocycles. The molecule has 0 aliphatic carbocycles. The third-order valence-corrected chi connectivity index (χ3v) is 21.3. The number of nitrogens with two attached hydrogens (primary N) is 1. The monoisotopic (exact) mass is 810 g/mol. The second-order valence-electron chi connectivity index (χ2n) is 18.3. The Labute approximate surface area is 340 Å². The molecule has 0 unspecified atom stereocenters. The predicted molar refractivity (Wildman–Crippen MR) is 234 cm³/mol. The number of amides is 1. The molecule has 0 radical (unpaired) electrons. The third-order valence-electron chi connectivity index (χ3n) is 12.2. The first-order valence-corrected chi connectivity index (χ1v) is 26.0. The van der Waals surface area contributed by atoms with Crippen molar-refractivity contribution in [1.82, 2.24) is 19.0 Å². The number of rotatable bonds is 14. The molecule has 0 spiro atoms. The smallest absolute Gasteiger partial charge is 0.334 e. The summed E-state index contributed by atoms with van der Waals surface area (Å²) in [4.78, 5) is 34.7. The van der Waals surface area contributed by atoms with Crippen molar-refractivity contribution in [3.8, 4) is 23.3 Å². The molecule has 1 saturated heterocycles. The Bertz CT molecular complexity index is 2110. The van der Waals surface area contributed by atoms with Crippen LogP contribution in [0, 0.1) is 17.2 Å². The Morgan fingerprint density at radius 2 is 1.51 bits per heavy atom. The van der Waals surface area contributed by atoms with E-state index in [1.807, 2.05) is 60.7 Å². The summed E-state index contributed by atoms with van der Waals surface area (Å²) in [6, 6.07) is 20.4. The minimum absolute atomic E-state index is 0.0704. The van der Waals surface area contributed by atoms with Gasteiger partial charge >= 0.3 is 5.69 Å². The molecule has 1 amide bonds. The number of para-hydroxylation sites is 1. The molecule has 1 atom stereocenters. The standard InChI is InChI=1S/C44H62N6O5Si2/c1-43(2,3)56(7,8)53-27-23-32(24-28-54-57(9,10)44(4,5)6)29-33(30-45)41(51)48-26-14-15-35(31-48)49-38-22-25-47-40(46)39(38)50(42(49)52)34-18-20-37(21-19-34)55-36-16-12-11-13-17-36/h11-13,16-22,25,29,32,35H,14-15,23-24,26-28,31H2,1-10H3,(H2,46,47)/t35-/m1/s1. The fraction of sp³-hybridized carbons (Fsp3) is 0.500. The van der Waals surface area contributed by atoms with Gasteiger partial charge in [-0.3, -0.25) is 13.9 Å². The van der Waals surface area contributed by atoms with Gasteiger partial charge in [-0.25, -0.2) is 9.78 Å². The van der Waals surface area contributed by atoms with Crippen molar-refractivity contribution in [2.75, 3.05) is 32.0 Å². The summed E-state index contributed by atoms with van der Waals surface area (Å²) in [5, 5.41) is 10.6. The van der Waals surface area contributed by atoms with Crippen LogP contribution in [0.15, 0.2) is 83.3 Å². The van der Waals surface area contributed by atoms with Gasteiger partial charge in [0.1, 0.15) is 34.5 Å². The average molecular weight is 811 g/mol. The molecule has 306 valence electrons. The van der Waals surface area contributed by atoms with Crippen molar-refractivity contribution in [3.63, 3.8) is 0 Å². The number of fused-ring (bicyclic) bond motifs is 1. The molecule has 13 heteroatoms. The Morgan fingerprint density at radius 1 is 0.930 bits per heavy atom. The minimum Gasteiger partial charge on any atom is -0.457 e. The number of benzene rings is 2. The minimum atomic E-state index is -1.99. The summed E-state index contributed by atoms with van der Waals surface area (Å²) in [6.07, 6.45) is 6.14. The number of likely N-dealkylation sites (tertiary alicyclic amines) is 1. The maximum Gasteiger partial charge on any atom is 0.334 e. The SMILES string of the molecule is CC(C)(C)[Si](C)(C)OCCC(C=C(C#N)C(=O)N1CCC[C@@H](n2c(=O)n(-c3ccc(Oc4ccccc4)cc3)c3c(N)nccc32)C1)CCO[Si](C)(C)C(C)(C)C. The number of nitrogen functional groups attached to an aromatic ring is 1. The second kappa shape index (κ2) is 17.6. The van der Waals surface area contributed by atoms with Gasteiger partial charge in [0.15, 0.2) is 16.6 Å². The molecule has 5 rings (SSSR count). The first kappa shape index (κ1) is 43.6. The van der Waals surface area contributed by atoms with Gasteiger partial charge in [0, 0.05) is 32.5 Å². The number of nitrogens with zero attached hydrogens (tertiary/aromatic N) is 5. The van der Waals surface area contributed by atoms with Crippen LogP contribution >= 0.6 is 0 Å². The number of piperidine rings is 1. The van der Waals surface area contributed by atoms with Crippen molar-refractivity contribution in [2.45, 2.75) is 110 Å². The Hall–Kier alpha value is -4.49. The Kier molecular flexibility index (Phi) is 13.4.